The highest BCUT2D eigenvalue weighted by Crippen LogP contribution is 2.42. The molecule has 0 radical (unpaired) electrons. The van der Waals surface area contributed by atoms with Crippen molar-refractivity contribution < 1.29 is 24.2 Å². The first kappa shape index (κ1) is 21.1. The fraction of sp³-hybridized carbons (Fsp3) is 0.333. The Bertz CT molecular complexity index is 982. The summed E-state index contributed by atoms with van der Waals surface area (Å²) in [5, 5.41) is 11.1. The van der Waals surface area contributed by atoms with Crippen molar-refractivity contribution in [3.63, 3.8) is 0 Å². The Morgan fingerprint density at radius 1 is 1.03 bits per heavy atom. The number of para-hydroxylation sites is 1. The predicted octanol–water partition coefficient (Wildman–Crippen LogP) is 2.45. The number of carbonyl (C=O) groups excluding carboxylic acids is 2. The third-order valence-corrected chi connectivity index (χ3v) is 5.78. The number of amides is 1. The molecule has 2 aliphatic rings. The second-order valence-corrected chi connectivity index (χ2v) is 7.55. The minimum absolute atomic E-state index is 0.0858. The predicted molar refractivity (Wildman–Crippen MR) is 116 cm³/mol. The molecule has 0 saturated carbocycles. The lowest BCUT2D eigenvalue weighted by Gasteiger charge is -2.31. The molecule has 2 fully saturated rings. The van der Waals surface area contributed by atoms with Crippen molar-refractivity contribution in [2.45, 2.75) is 6.04 Å². The molecule has 2 heterocycles. The number of nitrogens with zero attached hydrogens (tertiary/aromatic N) is 2. The Balaban J connectivity index is 1.76. The van der Waals surface area contributed by atoms with Gasteiger partial charge < -0.3 is 19.5 Å². The van der Waals surface area contributed by atoms with Crippen LogP contribution >= 0.6 is 0 Å². The zero-order valence-corrected chi connectivity index (χ0v) is 17.5. The van der Waals surface area contributed by atoms with Crippen molar-refractivity contribution >= 4 is 17.4 Å². The quantitative estimate of drug-likeness (QED) is 0.438. The topological polar surface area (TPSA) is 79.3 Å². The molecule has 0 aliphatic carbocycles. The average molecular weight is 422 g/mol. The highest BCUT2D eigenvalue weighted by molar-refractivity contribution is 6.46. The molecule has 1 amide bonds. The summed E-state index contributed by atoms with van der Waals surface area (Å²) >= 11 is 0. The van der Waals surface area contributed by atoms with Gasteiger partial charge in [0, 0.05) is 37.3 Å². The Labute approximate surface area is 181 Å². The molecule has 7 nitrogen and oxygen atoms in total. The number of aliphatic hydroxyl groups is 1. The van der Waals surface area contributed by atoms with Crippen molar-refractivity contribution in [1.82, 2.24) is 9.80 Å². The number of benzene rings is 2. The number of rotatable bonds is 6. The van der Waals surface area contributed by atoms with E-state index in [-0.39, 0.29) is 11.3 Å². The zero-order chi connectivity index (χ0) is 21.8. The van der Waals surface area contributed by atoms with Gasteiger partial charge in [-0.2, -0.15) is 0 Å². The van der Waals surface area contributed by atoms with Crippen LogP contribution in [0.5, 0.6) is 5.75 Å². The van der Waals surface area contributed by atoms with Crippen LogP contribution in [0.15, 0.2) is 60.2 Å². The summed E-state index contributed by atoms with van der Waals surface area (Å²) in [6.07, 6.45) is 0. The smallest absolute Gasteiger partial charge is 0.295 e. The van der Waals surface area contributed by atoms with Gasteiger partial charge in [-0.25, -0.2) is 0 Å². The van der Waals surface area contributed by atoms with Crippen molar-refractivity contribution in [3.8, 4) is 5.75 Å². The SMILES string of the molecule is COc1ccccc1C1/C(=C(/O)c2ccccc2)C(=O)C(=O)N1CCN1CCOCC1. The summed E-state index contributed by atoms with van der Waals surface area (Å²) in [5.74, 6) is -0.908. The van der Waals surface area contributed by atoms with Crippen LogP contribution < -0.4 is 4.74 Å². The fourth-order valence-corrected chi connectivity index (χ4v) is 4.15. The first-order valence-corrected chi connectivity index (χ1v) is 10.4. The minimum atomic E-state index is -0.725. The number of hydrogen-bond acceptors (Lipinski definition) is 6. The van der Waals surface area contributed by atoms with Crippen molar-refractivity contribution in [3.05, 3.63) is 71.3 Å². The Morgan fingerprint density at radius 2 is 1.71 bits per heavy atom. The van der Waals surface area contributed by atoms with Crippen molar-refractivity contribution in [2.24, 2.45) is 0 Å². The van der Waals surface area contributed by atoms with Gasteiger partial charge in [0.2, 0.25) is 0 Å². The van der Waals surface area contributed by atoms with E-state index < -0.39 is 17.7 Å². The first-order valence-electron chi connectivity index (χ1n) is 10.4. The van der Waals surface area contributed by atoms with Crippen LogP contribution in [0.1, 0.15) is 17.2 Å². The normalized spacial score (nSPS) is 21.5. The van der Waals surface area contributed by atoms with Gasteiger partial charge in [0.1, 0.15) is 11.5 Å². The summed E-state index contributed by atoms with van der Waals surface area (Å²) in [7, 11) is 1.55. The first-order chi connectivity index (χ1) is 15.1. The lowest BCUT2D eigenvalue weighted by molar-refractivity contribution is -0.140. The molecular formula is C24H26N2O5. The van der Waals surface area contributed by atoms with Gasteiger partial charge in [-0.3, -0.25) is 14.5 Å². The number of carbonyl (C=O) groups is 2. The minimum Gasteiger partial charge on any atom is -0.507 e. The summed E-state index contributed by atoms with van der Waals surface area (Å²) in [5.41, 5.74) is 1.25. The maximum Gasteiger partial charge on any atom is 0.295 e. The second kappa shape index (κ2) is 9.32. The fourth-order valence-electron chi connectivity index (χ4n) is 4.15. The monoisotopic (exact) mass is 422 g/mol. The van der Waals surface area contributed by atoms with Crippen LogP contribution in [0.2, 0.25) is 0 Å². The number of morpholine rings is 1. The molecule has 7 heteroatoms. The van der Waals surface area contributed by atoms with Crippen LogP contribution in [0.3, 0.4) is 0 Å². The van der Waals surface area contributed by atoms with Gasteiger partial charge >= 0.3 is 0 Å². The molecule has 0 aromatic heterocycles. The van der Waals surface area contributed by atoms with Gasteiger partial charge in [-0.1, -0.05) is 48.5 Å². The standard InChI is InChI=1S/C24H26N2O5/c1-30-19-10-6-5-9-18(19)21-20(22(27)17-7-3-2-4-8-17)23(28)24(29)26(21)12-11-25-13-15-31-16-14-25/h2-10,21,27H,11-16H2,1H3/b22-20-. The van der Waals surface area contributed by atoms with Crippen molar-refractivity contribution in [2.75, 3.05) is 46.5 Å². The lowest BCUT2D eigenvalue weighted by Crippen LogP contribution is -2.42. The largest absolute Gasteiger partial charge is 0.507 e. The Morgan fingerprint density at radius 3 is 2.42 bits per heavy atom. The van der Waals surface area contributed by atoms with E-state index >= 15 is 0 Å². The number of methoxy groups -OCH3 is 1. The molecule has 31 heavy (non-hydrogen) atoms. The van der Waals surface area contributed by atoms with E-state index in [4.69, 9.17) is 9.47 Å². The van der Waals surface area contributed by atoms with Gasteiger partial charge in [-0.15, -0.1) is 0 Å². The molecule has 0 bridgehead atoms. The van der Waals surface area contributed by atoms with E-state index in [1.807, 2.05) is 24.3 Å². The molecule has 1 unspecified atom stereocenters. The molecule has 2 aliphatic heterocycles. The number of aliphatic hydroxyl groups excluding tert-OH is 1. The highest BCUT2D eigenvalue weighted by atomic mass is 16.5. The van der Waals surface area contributed by atoms with Gasteiger partial charge in [0.25, 0.3) is 11.7 Å². The number of likely N-dealkylation sites (tertiary alicyclic amines) is 1. The van der Waals surface area contributed by atoms with E-state index in [0.717, 1.165) is 13.1 Å². The number of ether oxygens (including phenoxy) is 2. The number of ketones is 1. The van der Waals surface area contributed by atoms with E-state index in [0.29, 0.717) is 43.2 Å². The van der Waals surface area contributed by atoms with E-state index in [1.54, 1.807) is 42.3 Å². The van der Waals surface area contributed by atoms with Crippen LogP contribution in [0, 0.1) is 0 Å². The molecule has 1 N–H and O–H groups in total. The summed E-state index contributed by atoms with van der Waals surface area (Å²) in [4.78, 5) is 29.9. The number of hydrogen-bond donors (Lipinski definition) is 1. The molecule has 0 spiro atoms. The number of Topliss-reactive ketones (excluding diaryl/α,β-unsaturated/α-hetero) is 1. The van der Waals surface area contributed by atoms with Gasteiger partial charge in [0.05, 0.1) is 31.9 Å². The Kier molecular flexibility index (Phi) is 6.34. The molecule has 162 valence electrons. The van der Waals surface area contributed by atoms with E-state index in [2.05, 4.69) is 4.90 Å². The summed E-state index contributed by atoms with van der Waals surface area (Å²) in [6, 6.07) is 15.4. The average Bonchev–Trinajstić information content (AvgIpc) is 3.08. The summed E-state index contributed by atoms with van der Waals surface area (Å²) < 4.78 is 10.9. The van der Waals surface area contributed by atoms with Crippen LogP contribution in [-0.2, 0) is 14.3 Å². The van der Waals surface area contributed by atoms with Crippen molar-refractivity contribution in [1.29, 1.82) is 0 Å². The second-order valence-electron chi connectivity index (χ2n) is 7.55. The zero-order valence-electron chi connectivity index (χ0n) is 17.5. The maximum atomic E-state index is 13.1. The molecule has 2 aromatic rings. The van der Waals surface area contributed by atoms with Gasteiger partial charge in [0.15, 0.2) is 0 Å². The molecule has 4 rings (SSSR count). The molecule has 2 aromatic carbocycles. The Hall–Kier alpha value is -3.16. The van der Waals surface area contributed by atoms with Gasteiger partial charge in [-0.05, 0) is 6.07 Å². The van der Waals surface area contributed by atoms with Crippen LogP contribution in [0.4, 0.5) is 0 Å². The third kappa shape index (κ3) is 4.19. The third-order valence-electron chi connectivity index (χ3n) is 5.78. The molecule has 1 atom stereocenters. The highest BCUT2D eigenvalue weighted by Gasteiger charge is 2.46. The maximum absolute atomic E-state index is 13.1. The van der Waals surface area contributed by atoms with Crippen LogP contribution in [0.25, 0.3) is 5.76 Å². The van der Waals surface area contributed by atoms with E-state index in [1.165, 1.54) is 0 Å². The van der Waals surface area contributed by atoms with Crippen LogP contribution in [-0.4, -0.2) is 73.1 Å². The lowest BCUT2D eigenvalue weighted by atomic mass is 9.94. The molecule has 2 saturated heterocycles. The van der Waals surface area contributed by atoms with E-state index in [9.17, 15) is 14.7 Å². The summed E-state index contributed by atoms with van der Waals surface area (Å²) in [6.45, 7) is 3.86. The molecular weight excluding hydrogens is 396 g/mol.